The number of rotatable bonds is 4. The van der Waals surface area contributed by atoms with Gasteiger partial charge in [-0.15, -0.1) is 0 Å². The molecule has 1 aromatic rings. The van der Waals surface area contributed by atoms with Gasteiger partial charge in [-0.3, -0.25) is 0 Å². The van der Waals surface area contributed by atoms with E-state index in [0.717, 1.165) is 5.75 Å². The van der Waals surface area contributed by atoms with Gasteiger partial charge in [0.05, 0.1) is 6.61 Å². The molecule has 0 bridgehead atoms. The molecule has 0 heterocycles. The Kier molecular flexibility index (Phi) is 3.31. The Labute approximate surface area is 77.5 Å². The normalized spacial score (nSPS) is 9.62. The van der Waals surface area contributed by atoms with Gasteiger partial charge >= 0.3 is 0 Å². The quantitative estimate of drug-likeness (QED) is 0.554. The Morgan fingerprint density at radius 3 is 2.54 bits per heavy atom. The van der Waals surface area contributed by atoms with E-state index in [1.165, 1.54) is 5.56 Å². The van der Waals surface area contributed by atoms with E-state index in [2.05, 4.69) is 0 Å². The lowest BCUT2D eigenvalue weighted by Gasteiger charge is -2.08. The van der Waals surface area contributed by atoms with Crippen molar-refractivity contribution in [1.29, 1.82) is 5.41 Å². The third-order valence-electron chi connectivity index (χ3n) is 1.62. The van der Waals surface area contributed by atoms with E-state index < -0.39 is 5.90 Å². The lowest BCUT2D eigenvalue weighted by Crippen LogP contribution is -2.18. The van der Waals surface area contributed by atoms with E-state index in [4.69, 9.17) is 10.1 Å². The van der Waals surface area contributed by atoms with Crippen LogP contribution in [0.1, 0.15) is 12.0 Å². The first-order valence-electron chi connectivity index (χ1n) is 4.12. The summed E-state index contributed by atoms with van der Waals surface area (Å²) in [5.41, 5.74) is 1.17. The summed E-state index contributed by atoms with van der Waals surface area (Å²) in [5.74, 6) is 0.152. The molecule has 1 aromatic carbocycles. The highest BCUT2D eigenvalue weighted by Crippen LogP contribution is 2.11. The maximum Gasteiger partial charge on any atom is 0.119 e. The van der Waals surface area contributed by atoms with Crippen molar-refractivity contribution in [1.82, 2.24) is 0 Å². The number of hydrogen-bond donors (Lipinski definition) is 1. The minimum absolute atomic E-state index is 0.147. The molecule has 0 saturated carbocycles. The molecule has 70 valence electrons. The van der Waals surface area contributed by atoms with E-state index in [9.17, 15) is 5.11 Å². The lowest BCUT2D eigenvalue weighted by atomic mass is 10.2. The number of ether oxygens (including phenoxy) is 1. The van der Waals surface area contributed by atoms with Crippen LogP contribution in [0.3, 0.4) is 0 Å². The molecule has 0 fully saturated rings. The predicted octanol–water partition coefficient (Wildman–Crippen LogP) is 1.10. The van der Waals surface area contributed by atoms with Crippen LogP contribution in [-0.4, -0.2) is 12.5 Å². The van der Waals surface area contributed by atoms with Gasteiger partial charge in [-0.2, -0.15) is 0 Å². The molecule has 13 heavy (non-hydrogen) atoms. The SMILES string of the molecule is Cc1ccc(OCCC(=N)[O-])cc1. The van der Waals surface area contributed by atoms with Crippen molar-refractivity contribution in [3.63, 3.8) is 0 Å². The topological polar surface area (TPSA) is 56.1 Å². The molecule has 0 amide bonds. The summed E-state index contributed by atoms with van der Waals surface area (Å²) in [6, 6.07) is 7.59. The standard InChI is InChI=1S/C10H13NO2/c1-8-2-4-9(5-3-8)13-7-6-10(11)12/h2-5H,6-7H2,1H3,(H2,11,12)/p-1. The van der Waals surface area contributed by atoms with Crippen molar-refractivity contribution in [2.45, 2.75) is 13.3 Å². The Balaban J connectivity index is 2.37. The van der Waals surface area contributed by atoms with E-state index >= 15 is 0 Å². The van der Waals surface area contributed by atoms with Crippen molar-refractivity contribution in [3.05, 3.63) is 29.8 Å². The fourth-order valence-corrected chi connectivity index (χ4v) is 0.896. The Morgan fingerprint density at radius 2 is 2.00 bits per heavy atom. The smallest absolute Gasteiger partial charge is 0.119 e. The van der Waals surface area contributed by atoms with Crippen LogP contribution < -0.4 is 9.84 Å². The summed E-state index contributed by atoms with van der Waals surface area (Å²) in [6.07, 6.45) is 0.147. The molecule has 0 aliphatic heterocycles. The van der Waals surface area contributed by atoms with Crippen LogP contribution in [-0.2, 0) is 0 Å². The largest absolute Gasteiger partial charge is 0.862 e. The Morgan fingerprint density at radius 1 is 1.38 bits per heavy atom. The second-order valence-electron chi connectivity index (χ2n) is 2.83. The third kappa shape index (κ3) is 3.60. The zero-order valence-corrected chi connectivity index (χ0v) is 7.54. The maximum absolute atomic E-state index is 10.3. The number of aryl methyl sites for hydroxylation is 1. The van der Waals surface area contributed by atoms with Crippen molar-refractivity contribution in [2.75, 3.05) is 6.61 Å². The van der Waals surface area contributed by atoms with Gasteiger partial charge in [-0.05, 0) is 25.0 Å². The number of benzene rings is 1. The fraction of sp³-hybridized carbons (Fsp3) is 0.300. The van der Waals surface area contributed by atoms with E-state index in [1.54, 1.807) is 0 Å². The molecule has 0 aliphatic rings. The third-order valence-corrected chi connectivity index (χ3v) is 1.62. The molecular formula is C10H12NO2-. The van der Waals surface area contributed by atoms with Crippen LogP contribution in [0.4, 0.5) is 0 Å². The van der Waals surface area contributed by atoms with Crippen LogP contribution in [0.2, 0.25) is 0 Å². The molecule has 0 saturated heterocycles. The summed E-state index contributed by atoms with van der Waals surface area (Å²) in [6.45, 7) is 2.28. The zero-order chi connectivity index (χ0) is 9.68. The van der Waals surface area contributed by atoms with E-state index in [-0.39, 0.29) is 13.0 Å². The van der Waals surface area contributed by atoms with Gasteiger partial charge in [0, 0.05) is 6.42 Å². The summed E-state index contributed by atoms with van der Waals surface area (Å²) in [5, 5.41) is 16.9. The first-order chi connectivity index (χ1) is 6.18. The minimum atomic E-state index is -0.591. The van der Waals surface area contributed by atoms with Crippen LogP contribution in [0.25, 0.3) is 0 Å². The molecule has 3 nitrogen and oxygen atoms in total. The van der Waals surface area contributed by atoms with E-state index in [1.807, 2.05) is 31.2 Å². The minimum Gasteiger partial charge on any atom is -0.862 e. The monoisotopic (exact) mass is 178 g/mol. The molecule has 0 aliphatic carbocycles. The highest BCUT2D eigenvalue weighted by Gasteiger charge is 1.91. The van der Waals surface area contributed by atoms with Gasteiger partial charge in [-0.25, -0.2) is 0 Å². The average Bonchev–Trinajstić information content (AvgIpc) is 2.08. The molecular weight excluding hydrogens is 166 g/mol. The maximum atomic E-state index is 10.3. The summed E-state index contributed by atoms with van der Waals surface area (Å²) < 4.78 is 5.23. The van der Waals surface area contributed by atoms with Gasteiger partial charge in [0.2, 0.25) is 0 Å². The molecule has 1 rings (SSSR count). The molecule has 1 N–H and O–H groups in total. The van der Waals surface area contributed by atoms with Gasteiger partial charge in [0.15, 0.2) is 0 Å². The molecule has 0 radical (unpaired) electrons. The van der Waals surface area contributed by atoms with Crippen molar-refractivity contribution >= 4 is 5.90 Å². The first-order valence-corrected chi connectivity index (χ1v) is 4.12. The lowest BCUT2D eigenvalue weighted by molar-refractivity contribution is -0.220. The van der Waals surface area contributed by atoms with Gasteiger partial charge < -0.3 is 15.3 Å². The van der Waals surface area contributed by atoms with Crippen molar-refractivity contribution in [3.8, 4) is 5.75 Å². The highest BCUT2D eigenvalue weighted by atomic mass is 16.5. The van der Waals surface area contributed by atoms with Gasteiger partial charge in [-0.1, -0.05) is 17.7 Å². The molecule has 0 atom stereocenters. The second-order valence-corrected chi connectivity index (χ2v) is 2.83. The molecule has 0 spiro atoms. The summed E-state index contributed by atoms with van der Waals surface area (Å²) >= 11 is 0. The van der Waals surface area contributed by atoms with Crippen LogP contribution in [0, 0.1) is 12.3 Å². The zero-order valence-electron chi connectivity index (χ0n) is 7.54. The Bertz CT molecular complexity index is 279. The van der Waals surface area contributed by atoms with Gasteiger partial charge in [0.25, 0.3) is 0 Å². The average molecular weight is 178 g/mol. The van der Waals surface area contributed by atoms with Crippen LogP contribution in [0.5, 0.6) is 5.75 Å². The fourth-order valence-electron chi connectivity index (χ4n) is 0.896. The molecule has 0 aromatic heterocycles. The van der Waals surface area contributed by atoms with Crippen molar-refractivity contribution in [2.24, 2.45) is 0 Å². The molecule has 0 unspecified atom stereocenters. The second kappa shape index (κ2) is 4.50. The summed E-state index contributed by atoms with van der Waals surface area (Å²) in [7, 11) is 0. The predicted molar refractivity (Wildman–Crippen MR) is 49.0 cm³/mol. The van der Waals surface area contributed by atoms with Crippen molar-refractivity contribution < 1.29 is 9.84 Å². The molecule has 3 heteroatoms. The van der Waals surface area contributed by atoms with E-state index in [0.29, 0.717) is 0 Å². The Hall–Kier alpha value is -1.51. The van der Waals surface area contributed by atoms with Crippen LogP contribution in [0.15, 0.2) is 24.3 Å². The highest BCUT2D eigenvalue weighted by molar-refractivity contribution is 5.67. The summed E-state index contributed by atoms with van der Waals surface area (Å²) in [4.78, 5) is 0. The number of hydrogen-bond acceptors (Lipinski definition) is 3. The first kappa shape index (κ1) is 9.58. The number of nitrogens with one attached hydrogen (secondary N) is 1. The van der Waals surface area contributed by atoms with Gasteiger partial charge in [0.1, 0.15) is 5.75 Å². The van der Waals surface area contributed by atoms with Crippen LogP contribution >= 0.6 is 0 Å².